The Labute approximate surface area is 303 Å². The zero-order valence-corrected chi connectivity index (χ0v) is 28.8. The molecule has 2 heteroatoms. The number of aromatic nitrogens is 2. The maximum atomic E-state index is 5.10. The Morgan fingerprint density at radius 1 is 0.519 bits per heavy atom. The number of benzene rings is 7. The van der Waals surface area contributed by atoms with Gasteiger partial charge in [-0.05, 0) is 121 Å². The summed E-state index contributed by atoms with van der Waals surface area (Å²) in [6.07, 6.45) is 18.8. The molecule has 0 saturated heterocycles. The van der Waals surface area contributed by atoms with Gasteiger partial charge in [0.15, 0.2) is 0 Å². The standard InChI is InChI=1S/C50H36N2/c1-2-5-18-37(17-4-1)50-51-46-22-12-13-23-47(46)52(50)41-29-26-35(27-30-41)39-28-31-44-45(33-39)48(36-15-6-3-7-16-36)42-20-10-11-21-43(42)49(44)40-25-24-34-14-8-9-19-38(34)32-40/h1,3-9,12-33H,2,10-11H2. The van der Waals surface area contributed by atoms with Gasteiger partial charge in [-0.1, -0.05) is 146 Å². The molecule has 0 N–H and O–H groups in total. The summed E-state index contributed by atoms with van der Waals surface area (Å²) in [5.74, 6) is 0.953. The fourth-order valence-corrected chi connectivity index (χ4v) is 8.17. The SMILES string of the molecule is C1=CCC=CC(c2nc3ccccc3n2-c2ccc(-c3ccc4c(-c5ccc6ccccc6c5)c5c(c(-c6ccccc6)c4c3)=CCCC=5)cc2)=C1. The van der Waals surface area contributed by atoms with Crippen molar-refractivity contribution in [1.29, 1.82) is 0 Å². The van der Waals surface area contributed by atoms with Crippen molar-refractivity contribution >= 4 is 50.3 Å². The van der Waals surface area contributed by atoms with E-state index in [9.17, 15) is 0 Å². The van der Waals surface area contributed by atoms with E-state index in [1.807, 2.05) is 0 Å². The van der Waals surface area contributed by atoms with E-state index in [2.05, 4.69) is 187 Å². The van der Waals surface area contributed by atoms with Gasteiger partial charge in [-0.15, -0.1) is 0 Å². The fourth-order valence-electron chi connectivity index (χ4n) is 8.17. The summed E-state index contributed by atoms with van der Waals surface area (Å²) in [6, 6.07) is 51.1. The first-order valence-corrected chi connectivity index (χ1v) is 18.3. The van der Waals surface area contributed by atoms with Crippen molar-refractivity contribution in [3.8, 4) is 39.1 Å². The summed E-state index contributed by atoms with van der Waals surface area (Å²) in [7, 11) is 0. The van der Waals surface area contributed by atoms with Crippen LogP contribution in [0.4, 0.5) is 0 Å². The summed E-state index contributed by atoms with van der Waals surface area (Å²) >= 11 is 0. The number of allylic oxidation sites excluding steroid dienone is 6. The summed E-state index contributed by atoms with van der Waals surface area (Å²) in [5.41, 5.74) is 11.8. The average molecular weight is 665 g/mol. The number of para-hydroxylation sites is 2. The maximum Gasteiger partial charge on any atom is 0.145 e. The Bertz CT molecular complexity index is 2900. The van der Waals surface area contributed by atoms with Crippen LogP contribution in [0, 0.1) is 0 Å². The highest BCUT2D eigenvalue weighted by Gasteiger charge is 2.18. The van der Waals surface area contributed by atoms with Gasteiger partial charge in [0, 0.05) is 11.3 Å². The zero-order chi connectivity index (χ0) is 34.4. The molecule has 2 aliphatic rings. The van der Waals surface area contributed by atoms with E-state index in [4.69, 9.17) is 4.98 Å². The molecule has 0 bridgehead atoms. The number of imidazole rings is 1. The van der Waals surface area contributed by atoms with E-state index in [0.717, 1.165) is 47.4 Å². The van der Waals surface area contributed by atoms with Crippen molar-refractivity contribution in [2.75, 3.05) is 0 Å². The van der Waals surface area contributed by atoms with Gasteiger partial charge in [0.1, 0.15) is 5.82 Å². The molecule has 0 aliphatic heterocycles. The summed E-state index contributed by atoms with van der Waals surface area (Å²) in [5, 5.41) is 7.79. The van der Waals surface area contributed by atoms with Crippen molar-refractivity contribution < 1.29 is 0 Å². The van der Waals surface area contributed by atoms with Crippen molar-refractivity contribution in [3.05, 3.63) is 186 Å². The molecule has 0 fully saturated rings. The average Bonchev–Trinajstić information content (AvgIpc) is 3.38. The van der Waals surface area contributed by atoms with E-state index in [-0.39, 0.29) is 0 Å². The Morgan fingerprint density at radius 3 is 2.08 bits per heavy atom. The van der Waals surface area contributed by atoms with Crippen LogP contribution in [0.15, 0.2) is 170 Å². The topological polar surface area (TPSA) is 17.8 Å². The molecule has 0 atom stereocenters. The molecule has 10 rings (SSSR count). The monoisotopic (exact) mass is 664 g/mol. The fraction of sp³-hybridized carbons (Fsp3) is 0.0600. The number of hydrogen-bond acceptors (Lipinski definition) is 1. The molecule has 8 aromatic rings. The lowest BCUT2D eigenvalue weighted by atomic mass is 9.85. The summed E-state index contributed by atoms with van der Waals surface area (Å²) in [6.45, 7) is 0. The first kappa shape index (κ1) is 30.3. The molecular weight excluding hydrogens is 629 g/mol. The third-order valence-corrected chi connectivity index (χ3v) is 10.6. The van der Waals surface area contributed by atoms with Crippen LogP contribution in [0.3, 0.4) is 0 Å². The molecule has 1 heterocycles. The van der Waals surface area contributed by atoms with E-state index >= 15 is 0 Å². The first-order chi connectivity index (χ1) is 25.8. The van der Waals surface area contributed by atoms with Gasteiger partial charge in [0.05, 0.1) is 11.0 Å². The van der Waals surface area contributed by atoms with Crippen LogP contribution in [0.1, 0.15) is 25.1 Å². The third-order valence-electron chi connectivity index (χ3n) is 10.6. The van der Waals surface area contributed by atoms with Gasteiger partial charge >= 0.3 is 0 Å². The Hall–Kier alpha value is -6.51. The second kappa shape index (κ2) is 12.7. The summed E-state index contributed by atoms with van der Waals surface area (Å²) < 4.78 is 2.29. The maximum absolute atomic E-state index is 5.10. The molecule has 2 aliphatic carbocycles. The van der Waals surface area contributed by atoms with Crippen molar-refractivity contribution in [2.24, 2.45) is 0 Å². The van der Waals surface area contributed by atoms with Crippen molar-refractivity contribution in [3.63, 3.8) is 0 Å². The predicted octanol–water partition coefficient (Wildman–Crippen LogP) is 11.6. The highest BCUT2D eigenvalue weighted by molar-refractivity contribution is 6.08. The molecule has 0 amide bonds. The summed E-state index contributed by atoms with van der Waals surface area (Å²) in [4.78, 5) is 5.10. The molecule has 0 unspecified atom stereocenters. The molecule has 246 valence electrons. The lowest BCUT2D eigenvalue weighted by molar-refractivity contribution is 1.06. The second-order valence-electron chi connectivity index (χ2n) is 13.7. The number of nitrogens with zero attached hydrogens (tertiary/aromatic N) is 2. The van der Waals surface area contributed by atoms with E-state index in [1.165, 1.54) is 65.4 Å². The Kier molecular flexibility index (Phi) is 7.39. The van der Waals surface area contributed by atoms with Crippen LogP contribution in [0.2, 0.25) is 0 Å². The van der Waals surface area contributed by atoms with Gasteiger partial charge in [-0.25, -0.2) is 4.98 Å². The van der Waals surface area contributed by atoms with Gasteiger partial charge in [-0.2, -0.15) is 0 Å². The van der Waals surface area contributed by atoms with Gasteiger partial charge in [-0.3, -0.25) is 4.57 Å². The van der Waals surface area contributed by atoms with Crippen LogP contribution in [-0.2, 0) is 0 Å². The normalized spacial score (nSPS) is 13.8. The molecule has 0 spiro atoms. The predicted molar refractivity (Wildman–Crippen MR) is 221 cm³/mol. The molecule has 1 aromatic heterocycles. The molecule has 0 radical (unpaired) electrons. The number of hydrogen-bond donors (Lipinski definition) is 0. The third kappa shape index (κ3) is 5.15. The molecule has 0 saturated carbocycles. The lowest BCUT2D eigenvalue weighted by Crippen LogP contribution is -2.31. The zero-order valence-electron chi connectivity index (χ0n) is 28.8. The smallest absolute Gasteiger partial charge is 0.145 e. The molecule has 52 heavy (non-hydrogen) atoms. The van der Waals surface area contributed by atoms with Crippen LogP contribution in [0.25, 0.3) is 89.4 Å². The van der Waals surface area contributed by atoms with Crippen LogP contribution in [-0.4, -0.2) is 9.55 Å². The van der Waals surface area contributed by atoms with Crippen molar-refractivity contribution in [1.82, 2.24) is 9.55 Å². The Morgan fingerprint density at radius 2 is 1.23 bits per heavy atom. The minimum absolute atomic E-state index is 0.926. The highest BCUT2D eigenvalue weighted by Crippen LogP contribution is 2.37. The largest absolute Gasteiger partial charge is 0.292 e. The minimum atomic E-state index is 0.926. The van der Waals surface area contributed by atoms with Gasteiger partial charge in [0.2, 0.25) is 0 Å². The number of fused-ring (bicyclic) bond motifs is 4. The highest BCUT2D eigenvalue weighted by atomic mass is 15.1. The van der Waals surface area contributed by atoms with Crippen LogP contribution in [0.5, 0.6) is 0 Å². The van der Waals surface area contributed by atoms with Gasteiger partial charge < -0.3 is 0 Å². The van der Waals surface area contributed by atoms with Crippen molar-refractivity contribution in [2.45, 2.75) is 19.3 Å². The molecule has 7 aromatic carbocycles. The van der Waals surface area contributed by atoms with Gasteiger partial charge in [0.25, 0.3) is 0 Å². The Balaban J connectivity index is 1.17. The van der Waals surface area contributed by atoms with E-state index in [1.54, 1.807) is 0 Å². The lowest BCUT2D eigenvalue weighted by Gasteiger charge is -2.19. The van der Waals surface area contributed by atoms with E-state index < -0.39 is 0 Å². The first-order valence-electron chi connectivity index (χ1n) is 18.3. The molecule has 2 nitrogen and oxygen atoms in total. The number of rotatable bonds is 5. The van der Waals surface area contributed by atoms with Crippen LogP contribution >= 0.6 is 0 Å². The quantitative estimate of drug-likeness (QED) is 0.179. The molecular formula is C50H36N2. The van der Waals surface area contributed by atoms with Crippen LogP contribution < -0.4 is 10.4 Å². The minimum Gasteiger partial charge on any atom is -0.292 e. The van der Waals surface area contributed by atoms with E-state index in [0.29, 0.717) is 0 Å². The second-order valence-corrected chi connectivity index (χ2v) is 13.7.